The van der Waals surface area contributed by atoms with Crippen LogP contribution in [-0.2, 0) is 22.2 Å². The van der Waals surface area contributed by atoms with Gasteiger partial charge >= 0.3 is 0 Å². The first-order valence-electron chi connectivity index (χ1n) is 8.33. The fraction of sp³-hybridized carbons (Fsp3) is 0.200. The van der Waals surface area contributed by atoms with Crippen LogP contribution in [0.15, 0.2) is 66.0 Å². The Morgan fingerprint density at radius 1 is 1.00 bits per heavy atom. The van der Waals surface area contributed by atoms with Crippen molar-refractivity contribution in [2.24, 2.45) is 0 Å². The third kappa shape index (κ3) is 4.78. The second-order valence-electron chi connectivity index (χ2n) is 6.05. The molecule has 0 aliphatic rings. The summed E-state index contributed by atoms with van der Waals surface area (Å²) in [7, 11) is -3.60. The Balaban J connectivity index is 1.86. The molecule has 2 aromatic carbocycles. The van der Waals surface area contributed by atoms with Crippen molar-refractivity contribution in [1.29, 1.82) is 0 Å². The van der Waals surface area contributed by atoms with Crippen LogP contribution < -0.4 is 4.72 Å². The number of thiophene rings is 1. The summed E-state index contributed by atoms with van der Waals surface area (Å²) in [4.78, 5) is 0.928. The molecule has 1 unspecified atom stereocenters. The van der Waals surface area contributed by atoms with Gasteiger partial charge in [0, 0.05) is 4.88 Å². The molecule has 3 nitrogen and oxygen atoms in total. The highest BCUT2D eigenvalue weighted by atomic mass is 32.2. The van der Waals surface area contributed by atoms with Gasteiger partial charge in [-0.25, -0.2) is 17.5 Å². The van der Waals surface area contributed by atoms with Crippen LogP contribution in [0.2, 0.25) is 0 Å². The summed E-state index contributed by atoms with van der Waals surface area (Å²) < 4.78 is 41.2. The minimum atomic E-state index is -3.60. The van der Waals surface area contributed by atoms with Gasteiger partial charge < -0.3 is 0 Å². The first kappa shape index (κ1) is 18.8. The third-order valence-corrected chi connectivity index (χ3v) is 6.36. The lowest BCUT2D eigenvalue weighted by Gasteiger charge is -2.18. The Kier molecular flexibility index (Phi) is 5.86. The fourth-order valence-corrected chi connectivity index (χ4v) is 4.93. The topological polar surface area (TPSA) is 46.2 Å². The smallest absolute Gasteiger partial charge is 0.212 e. The first-order valence-corrected chi connectivity index (χ1v) is 10.9. The van der Waals surface area contributed by atoms with Crippen molar-refractivity contribution in [2.45, 2.75) is 25.1 Å². The van der Waals surface area contributed by atoms with E-state index in [2.05, 4.69) is 11.6 Å². The van der Waals surface area contributed by atoms with Crippen molar-refractivity contribution in [3.63, 3.8) is 0 Å². The molecule has 0 saturated heterocycles. The first-order chi connectivity index (χ1) is 12.5. The monoisotopic (exact) mass is 389 g/mol. The van der Waals surface area contributed by atoms with Gasteiger partial charge in [0.1, 0.15) is 5.82 Å². The van der Waals surface area contributed by atoms with E-state index in [0.717, 1.165) is 16.9 Å². The molecule has 1 heterocycles. The quantitative estimate of drug-likeness (QED) is 0.639. The Hall–Kier alpha value is -2.02. The van der Waals surface area contributed by atoms with Crippen LogP contribution in [0.3, 0.4) is 0 Å². The van der Waals surface area contributed by atoms with E-state index in [1.165, 1.54) is 41.2 Å². The lowest BCUT2D eigenvalue weighted by Crippen LogP contribution is -2.30. The van der Waals surface area contributed by atoms with Gasteiger partial charge in [0.15, 0.2) is 0 Å². The number of sulfonamides is 1. The largest absolute Gasteiger partial charge is 0.216 e. The predicted octanol–water partition coefficient (Wildman–Crippen LogP) is 4.66. The number of aryl methyl sites for hydroxylation is 1. The molecule has 0 amide bonds. The van der Waals surface area contributed by atoms with Crippen LogP contribution in [0.25, 0.3) is 0 Å². The molecule has 1 atom stereocenters. The lowest BCUT2D eigenvalue weighted by molar-refractivity contribution is 0.572. The maximum Gasteiger partial charge on any atom is 0.216 e. The molecular formula is C20H20FNO2S2. The van der Waals surface area contributed by atoms with Crippen LogP contribution in [0.1, 0.15) is 34.5 Å². The molecule has 0 fully saturated rings. The molecule has 0 spiro atoms. The lowest BCUT2D eigenvalue weighted by atomic mass is 10.0. The highest BCUT2D eigenvalue weighted by molar-refractivity contribution is 7.88. The fourth-order valence-electron chi connectivity index (χ4n) is 2.71. The number of nitrogens with one attached hydrogen (secondary N) is 1. The van der Waals surface area contributed by atoms with Gasteiger partial charge in [-0.15, -0.1) is 11.3 Å². The molecule has 0 aliphatic heterocycles. The van der Waals surface area contributed by atoms with E-state index in [1.807, 2.05) is 41.8 Å². The van der Waals surface area contributed by atoms with E-state index in [9.17, 15) is 12.8 Å². The molecule has 1 aromatic heterocycles. The van der Waals surface area contributed by atoms with E-state index >= 15 is 0 Å². The number of hydrogen-bond donors (Lipinski definition) is 1. The molecule has 1 N–H and O–H groups in total. The second kappa shape index (κ2) is 8.12. The molecule has 3 rings (SSSR count). The number of halogens is 1. The zero-order chi connectivity index (χ0) is 18.6. The standard InChI is InChI=1S/C20H20FNO2S2/c1-2-15-5-9-17(10-6-15)20(19-4-3-13-25-19)22-26(23,24)14-16-7-11-18(21)12-8-16/h3-13,20,22H,2,14H2,1H3. The SMILES string of the molecule is CCc1ccc(C(NS(=O)(=O)Cc2ccc(F)cc2)c2cccs2)cc1. The van der Waals surface area contributed by atoms with Crippen LogP contribution in [0.4, 0.5) is 4.39 Å². The summed E-state index contributed by atoms with van der Waals surface area (Å²) in [6.07, 6.45) is 0.931. The van der Waals surface area contributed by atoms with E-state index in [-0.39, 0.29) is 11.6 Å². The normalized spacial score (nSPS) is 12.8. The molecule has 0 saturated carbocycles. The molecule has 0 aliphatic carbocycles. The summed E-state index contributed by atoms with van der Waals surface area (Å²) in [5, 5.41) is 1.93. The van der Waals surface area contributed by atoms with Crippen molar-refractivity contribution in [3.8, 4) is 0 Å². The summed E-state index contributed by atoms with van der Waals surface area (Å²) in [6.45, 7) is 2.08. The van der Waals surface area contributed by atoms with E-state index in [0.29, 0.717) is 5.56 Å². The molecular weight excluding hydrogens is 369 g/mol. The van der Waals surface area contributed by atoms with E-state index < -0.39 is 16.1 Å². The maximum atomic E-state index is 13.0. The zero-order valence-electron chi connectivity index (χ0n) is 14.4. The second-order valence-corrected chi connectivity index (χ2v) is 8.78. The molecule has 0 radical (unpaired) electrons. The average Bonchev–Trinajstić information content (AvgIpc) is 3.16. The minimum Gasteiger partial charge on any atom is -0.212 e. The van der Waals surface area contributed by atoms with Gasteiger partial charge in [0.2, 0.25) is 10.0 Å². The highest BCUT2D eigenvalue weighted by Crippen LogP contribution is 2.27. The van der Waals surface area contributed by atoms with Crippen molar-refractivity contribution in [2.75, 3.05) is 0 Å². The van der Waals surface area contributed by atoms with Crippen LogP contribution in [-0.4, -0.2) is 8.42 Å². The molecule has 3 aromatic rings. The summed E-state index contributed by atoms with van der Waals surface area (Å²) in [6, 6.07) is 16.9. The minimum absolute atomic E-state index is 0.192. The van der Waals surface area contributed by atoms with Gasteiger partial charge in [0.05, 0.1) is 11.8 Å². The number of benzene rings is 2. The Labute approximate surface area is 157 Å². The zero-order valence-corrected chi connectivity index (χ0v) is 16.0. The van der Waals surface area contributed by atoms with Crippen molar-refractivity contribution in [3.05, 3.63) is 93.4 Å². The van der Waals surface area contributed by atoms with Crippen molar-refractivity contribution in [1.82, 2.24) is 4.72 Å². The van der Waals surface area contributed by atoms with Gasteiger partial charge in [0.25, 0.3) is 0 Å². The Morgan fingerprint density at radius 3 is 2.23 bits per heavy atom. The Morgan fingerprint density at radius 2 is 1.65 bits per heavy atom. The van der Waals surface area contributed by atoms with Gasteiger partial charge in [-0.3, -0.25) is 0 Å². The predicted molar refractivity (Wildman–Crippen MR) is 104 cm³/mol. The molecule has 26 heavy (non-hydrogen) atoms. The number of rotatable bonds is 7. The highest BCUT2D eigenvalue weighted by Gasteiger charge is 2.22. The maximum absolute atomic E-state index is 13.0. The van der Waals surface area contributed by atoms with E-state index in [4.69, 9.17) is 0 Å². The summed E-state index contributed by atoms with van der Waals surface area (Å²) in [5.41, 5.74) is 2.64. The van der Waals surface area contributed by atoms with Gasteiger partial charge in [-0.2, -0.15) is 0 Å². The van der Waals surface area contributed by atoms with Crippen LogP contribution in [0.5, 0.6) is 0 Å². The van der Waals surface area contributed by atoms with Crippen molar-refractivity contribution >= 4 is 21.4 Å². The third-order valence-electron chi connectivity index (χ3n) is 4.12. The molecule has 0 bridgehead atoms. The average molecular weight is 390 g/mol. The van der Waals surface area contributed by atoms with Crippen molar-refractivity contribution < 1.29 is 12.8 Å². The molecule has 6 heteroatoms. The van der Waals surface area contributed by atoms with Gasteiger partial charge in [-0.05, 0) is 46.7 Å². The summed E-state index contributed by atoms with van der Waals surface area (Å²) >= 11 is 1.51. The van der Waals surface area contributed by atoms with E-state index in [1.54, 1.807) is 0 Å². The molecule has 136 valence electrons. The van der Waals surface area contributed by atoms with Crippen LogP contribution in [0, 0.1) is 5.82 Å². The number of hydrogen-bond acceptors (Lipinski definition) is 3. The summed E-state index contributed by atoms with van der Waals surface area (Å²) in [5.74, 6) is -0.575. The Bertz CT molecular complexity index is 934. The van der Waals surface area contributed by atoms with Gasteiger partial charge in [-0.1, -0.05) is 49.4 Å². The van der Waals surface area contributed by atoms with Crippen LogP contribution >= 0.6 is 11.3 Å².